The minimum atomic E-state index is -0.0137. The summed E-state index contributed by atoms with van der Waals surface area (Å²) in [6.07, 6.45) is 2.13. The third kappa shape index (κ3) is 5.79. The lowest BCUT2D eigenvalue weighted by molar-refractivity contribution is -0.127. The molecule has 0 spiro atoms. The summed E-state index contributed by atoms with van der Waals surface area (Å²) in [5, 5.41) is 8.94. The Labute approximate surface area is 148 Å². The van der Waals surface area contributed by atoms with Crippen molar-refractivity contribution in [2.75, 3.05) is 27.2 Å². The topological polar surface area (TPSA) is 66.0 Å². The summed E-state index contributed by atoms with van der Waals surface area (Å²) >= 11 is 1.71. The van der Waals surface area contributed by atoms with Crippen LogP contribution >= 0.6 is 11.3 Å². The normalized spacial score (nSPS) is 22.8. The number of aliphatic imine (C=N–C) groups is 1. The van der Waals surface area contributed by atoms with Crippen LogP contribution in [0.25, 0.3) is 0 Å². The van der Waals surface area contributed by atoms with Crippen LogP contribution in [-0.4, -0.2) is 56.2 Å². The molecule has 1 amide bonds. The molecule has 0 aliphatic carbocycles. The van der Waals surface area contributed by atoms with E-state index in [1.54, 1.807) is 30.3 Å². The second kappa shape index (κ2) is 9.03. The fourth-order valence-corrected chi connectivity index (χ4v) is 3.29. The summed E-state index contributed by atoms with van der Waals surface area (Å²) in [6.45, 7) is 5.08. The summed E-state index contributed by atoms with van der Waals surface area (Å²) in [4.78, 5) is 19.1. The highest BCUT2D eigenvalue weighted by molar-refractivity contribution is 7.10. The molecule has 3 atom stereocenters. The number of carbonyl (C=O) groups excluding carboxylic acids is 1. The third-order valence-electron chi connectivity index (χ3n) is 4.02. The maximum absolute atomic E-state index is 11.9. The second-order valence-electron chi connectivity index (χ2n) is 6.38. The van der Waals surface area contributed by atoms with Crippen molar-refractivity contribution in [1.82, 2.24) is 15.5 Å². The second-order valence-corrected chi connectivity index (χ2v) is 7.36. The number of amides is 1. The van der Waals surface area contributed by atoms with Crippen molar-refractivity contribution in [3.63, 3.8) is 0 Å². The highest BCUT2D eigenvalue weighted by Gasteiger charge is 2.21. The van der Waals surface area contributed by atoms with Crippen LogP contribution in [0.3, 0.4) is 0 Å². The zero-order valence-electron chi connectivity index (χ0n) is 14.9. The Balaban J connectivity index is 2.02. The van der Waals surface area contributed by atoms with E-state index in [0.717, 1.165) is 19.4 Å². The average Bonchev–Trinajstić information content (AvgIpc) is 3.06. The molecule has 2 rings (SSSR count). The number of hydrogen-bond donors (Lipinski definition) is 2. The molecule has 6 nitrogen and oxygen atoms in total. The first-order valence-corrected chi connectivity index (χ1v) is 9.26. The quantitative estimate of drug-likeness (QED) is 0.628. The van der Waals surface area contributed by atoms with Gasteiger partial charge in [-0.15, -0.1) is 11.3 Å². The Morgan fingerprint density at radius 2 is 2.33 bits per heavy atom. The van der Waals surface area contributed by atoms with Gasteiger partial charge in [-0.1, -0.05) is 6.07 Å². The number of nitrogens with one attached hydrogen (secondary N) is 2. The highest BCUT2D eigenvalue weighted by atomic mass is 32.1. The van der Waals surface area contributed by atoms with E-state index in [0.29, 0.717) is 12.0 Å². The lowest BCUT2D eigenvalue weighted by atomic mass is 10.0. The van der Waals surface area contributed by atoms with Crippen molar-refractivity contribution in [2.24, 2.45) is 4.99 Å². The van der Waals surface area contributed by atoms with E-state index < -0.39 is 0 Å². The molecular formula is C17H28N4O2S. The average molecular weight is 353 g/mol. The van der Waals surface area contributed by atoms with Crippen LogP contribution in [0.4, 0.5) is 0 Å². The van der Waals surface area contributed by atoms with Gasteiger partial charge in [0, 0.05) is 31.6 Å². The molecule has 0 aromatic carbocycles. The van der Waals surface area contributed by atoms with Gasteiger partial charge in [-0.2, -0.15) is 0 Å². The van der Waals surface area contributed by atoms with E-state index in [4.69, 9.17) is 4.74 Å². The molecule has 1 saturated heterocycles. The lowest BCUT2D eigenvalue weighted by Crippen LogP contribution is -2.47. The zero-order valence-corrected chi connectivity index (χ0v) is 15.7. The van der Waals surface area contributed by atoms with E-state index in [1.165, 1.54) is 4.88 Å². The standard InChI is InChI=1S/C17H28N4O2S/c1-12-10-14(7-8-23-12)20-17(18-11-16(22)21(3)4)19-13(2)15-6-5-9-24-15/h5-6,9,12-14H,7-8,10-11H2,1-4H3,(H2,18,19,20). The molecule has 1 fully saturated rings. The Morgan fingerprint density at radius 3 is 2.96 bits per heavy atom. The Morgan fingerprint density at radius 1 is 1.54 bits per heavy atom. The van der Waals surface area contributed by atoms with Gasteiger partial charge in [0.2, 0.25) is 5.91 Å². The summed E-state index contributed by atoms with van der Waals surface area (Å²) in [6, 6.07) is 4.59. The van der Waals surface area contributed by atoms with Crippen molar-refractivity contribution in [1.29, 1.82) is 0 Å². The van der Waals surface area contributed by atoms with E-state index in [2.05, 4.69) is 40.9 Å². The predicted molar refractivity (Wildman–Crippen MR) is 98.4 cm³/mol. The van der Waals surface area contributed by atoms with Crippen LogP contribution in [0.15, 0.2) is 22.5 Å². The number of rotatable bonds is 5. The molecule has 0 saturated carbocycles. The van der Waals surface area contributed by atoms with Gasteiger partial charge in [-0.25, -0.2) is 4.99 Å². The van der Waals surface area contributed by atoms with E-state index in [9.17, 15) is 4.79 Å². The minimum Gasteiger partial charge on any atom is -0.378 e. The van der Waals surface area contributed by atoms with Crippen LogP contribution < -0.4 is 10.6 Å². The molecule has 1 aliphatic heterocycles. The number of nitrogens with zero attached hydrogens (tertiary/aromatic N) is 2. The lowest BCUT2D eigenvalue weighted by Gasteiger charge is -2.30. The number of hydrogen-bond acceptors (Lipinski definition) is 4. The molecule has 2 heterocycles. The zero-order chi connectivity index (χ0) is 17.5. The van der Waals surface area contributed by atoms with Gasteiger partial charge >= 0.3 is 0 Å². The van der Waals surface area contributed by atoms with Crippen molar-refractivity contribution < 1.29 is 9.53 Å². The smallest absolute Gasteiger partial charge is 0.243 e. The number of ether oxygens (including phenoxy) is 1. The molecule has 134 valence electrons. The molecule has 1 aliphatic rings. The number of carbonyl (C=O) groups is 1. The van der Waals surface area contributed by atoms with E-state index in [1.807, 2.05) is 6.07 Å². The van der Waals surface area contributed by atoms with Crippen LogP contribution in [0.5, 0.6) is 0 Å². The molecule has 1 aromatic heterocycles. The molecule has 0 radical (unpaired) electrons. The first kappa shape index (κ1) is 18.7. The van der Waals surface area contributed by atoms with Crippen LogP contribution in [0, 0.1) is 0 Å². The fourth-order valence-electron chi connectivity index (χ4n) is 2.56. The van der Waals surface area contributed by atoms with Crippen molar-refractivity contribution in [3.05, 3.63) is 22.4 Å². The van der Waals surface area contributed by atoms with Gasteiger partial charge < -0.3 is 20.3 Å². The minimum absolute atomic E-state index is 0.0137. The molecule has 7 heteroatoms. The van der Waals surface area contributed by atoms with Crippen LogP contribution in [-0.2, 0) is 9.53 Å². The summed E-state index contributed by atoms with van der Waals surface area (Å²) in [5.74, 6) is 0.672. The van der Waals surface area contributed by atoms with Crippen LogP contribution in [0.2, 0.25) is 0 Å². The van der Waals surface area contributed by atoms with Gasteiger partial charge in [0.1, 0.15) is 6.54 Å². The summed E-state index contributed by atoms with van der Waals surface area (Å²) in [5.41, 5.74) is 0. The van der Waals surface area contributed by atoms with Crippen molar-refractivity contribution in [3.8, 4) is 0 Å². The third-order valence-corrected chi connectivity index (χ3v) is 5.08. The first-order valence-electron chi connectivity index (χ1n) is 8.38. The summed E-state index contributed by atoms with van der Waals surface area (Å²) < 4.78 is 5.60. The Bertz CT molecular complexity index is 545. The summed E-state index contributed by atoms with van der Waals surface area (Å²) in [7, 11) is 3.49. The molecule has 24 heavy (non-hydrogen) atoms. The van der Waals surface area contributed by atoms with E-state index in [-0.39, 0.29) is 24.6 Å². The maximum atomic E-state index is 11.9. The number of likely N-dealkylation sites (N-methyl/N-ethyl adjacent to an activating group) is 1. The molecule has 2 N–H and O–H groups in total. The van der Waals surface area contributed by atoms with Gasteiger partial charge in [0.15, 0.2) is 5.96 Å². The predicted octanol–water partition coefficient (Wildman–Crippen LogP) is 2.00. The van der Waals surface area contributed by atoms with Crippen molar-refractivity contribution in [2.45, 2.75) is 44.9 Å². The Hall–Kier alpha value is -1.60. The van der Waals surface area contributed by atoms with Gasteiger partial charge in [-0.3, -0.25) is 4.79 Å². The monoisotopic (exact) mass is 352 g/mol. The van der Waals surface area contributed by atoms with E-state index >= 15 is 0 Å². The van der Waals surface area contributed by atoms with Crippen LogP contribution in [0.1, 0.15) is 37.6 Å². The maximum Gasteiger partial charge on any atom is 0.243 e. The fraction of sp³-hybridized carbons (Fsp3) is 0.647. The molecular weight excluding hydrogens is 324 g/mol. The molecule has 3 unspecified atom stereocenters. The first-order chi connectivity index (χ1) is 11.5. The van der Waals surface area contributed by atoms with Gasteiger partial charge in [-0.05, 0) is 38.1 Å². The largest absolute Gasteiger partial charge is 0.378 e. The Kier molecular flexibility index (Phi) is 7.05. The highest BCUT2D eigenvalue weighted by Crippen LogP contribution is 2.18. The van der Waals surface area contributed by atoms with Gasteiger partial charge in [0.05, 0.1) is 12.1 Å². The molecule has 1 aromatic rings. The van der Waals surface area contributed by atoms with Gasteiger partial charge in [0.25, 0.3) is 0 Å². The molecule has 0 bridgehead atoms. The SMILES string of the molecule is CC1CC(NC(=NCC(=O)N(C)C)NC(C)c2cccs2)CCO1. The number of thiophene rings is 1. The number of guanidine groups is 1. The van der Waals surface area contributed by atoms with Crippen molar-refractivity contribution >= 4 is 23.2 Å².